The molecule has 0 unspecified atom stereocenters. The number of carboxylic acid groups (broad SMARTS) is 1. The molecule has 0 amide bonds. The Bertz CT molecular complexity index is 150. The Balaban J connectivity index is 3.71. The molecule has 2 radical (unpaired) electrons. The van der Waals surface area contributed by atoms with Gasteiger partial charge in [-0.3, -0.25) is 4.79 Å². The van der Waals surface area contributed by atoms with Crippen molar-refractivity contribution in [2.75, 3.05) is 0 Å². The van der Waals surface area contributed by atoms with Gasteiger partial charge in [-0.25, -0.2) is 4.79 Å². The van der Waals surface area contributed by atoms with Gasteiger partial charge in [0, 0.05) is 6.08 Å². The summed E-state index contributed by atoms with van der Waals surface area (Å²) in [5.74, 6) is -1.53. The number of rotatable bonds is 3. The lowest BCUT2D eigenvalue weighted by Gasteiger charge is -1.80. The molecule has 0 aromatic carbocycles. The standard InChI is InChI=1S/C5H5BO3/c6-3-4(7)1-2-5(8)9/h1-2H,3H2,(H,8,9)/b2-1+. The van der Waals surface area contributed by atoms with Gasteiger partial charge >= 0.3 is 5.97 Å². The zero-order valence-electron chi connectivity index (χ0n) is 4.70. The van der Waals surface area contributed by atoms with E-state index in [0.717, 1.165) is 12.2 Å². The minimum atomic E-state index is -1.14. The molecule has 0 aromatic heterocycles. The Labute approximate surface area is 53.8 Å². The van der Waals surface area contributed by atoms with Crippen molar-refractivity contribution in [2.24, 2.45) is 0 Å². The Morgan fingerprint density at radius 1 is 1.44 bits per heavy atom. The summed E-state index contributed by atoms with van der Waals surface area (Å²) in [7, 11) is 4.86. The summed E-state index contributed by atoms with van der Waals surface area (Å²) in [6.07, 6.45) is 1.54. The third kappa shape index (κ3) is 4.81. The molecule has 0 aliphatic rings. The van der Waals surface area contributed by atoms with Crippen molar-refractivity contribution in [1.29, 1.82) is 0 Å². The molecule has 0 spiro atoms. The van der Waals surface area contributed by atoms with Crippen molar-refractivity contribution in [3.63, 3.8) is 0 Å². The fourth-order valence-corrected chi connectivity index (χ4v) is 0.232. The lowest BCUT2D eigenvalue weighted by molar-refractivity contribution is -0.131. The van der Waals surface area contributed by atoms with Crippen LogP contribution in [-0.2, 0) is 9.59 Å². The van der Waals surface area contributed by atoms with E-state index in [0.29, 0.717) is 0 Å². The third-order valence-corrected chi connectivity index (χ3v) is 0.613. The van der Waals surface area contributed by atoms with Crippen molar-refractivity contribution in [1.82, 2.24) is 0 Å². The SMILES string of the molecule is [B]CC(=O)/C=C/C(=O)O. The van der Waals surface area contributed by atoms with Crippen LogP contribution in [0.4, 0.5) is 0 Å². The third-order valence-electron chi connectivity index (χ3n) is 0.613. The highest BCUT2D eigenvalue weighted by molar-refractivity contribution is 6.22. The maximum atomic E-state index is 10.2. The van der Waals surface area contributed by atoms with Crippen molar-refractivity contribution >= 4 is 19.6 Å². The van der Waals surface area contributed by atoms with Gasteiger partial charge in [0.15, 0.2) is 0 Å². The first-order valence-electron chi connectivity index (χ1n) is 2.30. The fraction of sp³-hybridized carbons (Fsp3) is 0.200. The van der Waals surface area contributed by atoms with E-state index >= 15 is 0 Å². The van der Waals surface area contributed by atoms with Gasteiger partial charge in [-0.1, -0.05) is 0 Å². The second-order valence-electron chi connectivity index (χ2n) is 1.34. The Morgan fingerprint density at radius 2 is 2.00 bits per heavy atom. The Hall–Kier alpha value is -1.06. The zero-order chi connectivity index (χ0) is 7.28. The largest absolute Gasteiger partial charge is 0.478 e. The zero-order valence-corrected chi connectivity index (χ0v) is 4.70. The van der Waals surface area contributed by atoms with E-state index in [4.69, 9.17) is 13.0 Å². The van der Waals surface area contributed by atoms with Gasteiger partial charge in [0.2, 0.25) is 0 Å². The molecule has 46 valence electrons. The van der Waals surface area contributed by atoms with Crippen LogP contribution in [0.3, 0.4) is 0 Å². The van der Waals surface area contributed by atoms with E-state index in [1.807, 2.05) is 0 Å². The van der Waals surface area contributed by atoms with Gasteiger partial charge in [-0.15, -0.1) is 0 Å². The number of carboxylic acids is 1. The monoisotopic (exact) mass is 124 g/mol. The number of hydrogen-bond donors (Lipinski definition) is 1. The second kappa shape index (κ2) is 3.89. The summed E-state index contributed by atoms with van der Waals surface area (Å²) in [4.78, 5) is 20.0. The highest BCUT2D eigenvalue weighted by Gasteiger charge is 1.90. The second-order valence-corrected chi connectivity index (χ2v) is 1.34. The molecular weight excluding hydrogens is 119 g/mol. The van der Waals surface area contributed by atoms with Crippen LogP contribution in [-0.4, -0.2) is 24.7 Å². The molecule has 0 atom stereocenters. The van der Waals surface area contributed by atoms with Crippen molar-refractivity contribution in [3.05, 3.63) is 12.2 Å². The van der Waals surface area contributed by atoms with Crippen molar-refractivity contribution < 1.29 is 14.7 Å². The smallest absolute Gasteiger partial charge is 0.328 e. The predicted molar refractivity (Wildman–Crippen MR) is 32.3 cm³/mol. The van der Waals surface area contributed by atoms with Crippen molar-refractivity contribution in [3.8, 4) is 0 Å². The molecule has 9 heavy (non-hydrogen) atoms. The maximum absolute atomic E-state index is 10.2. The number of carbonyl (C=O) groups excluding carboxylic acids is 1. The van der Waals surface area contributed by atoms with Crippen LogP contribution in [0, 0.1) is 0 Å². The van der Waals surface area contributed by atoms with Crippen LogP contribution in [0.25, 0.3) is 0 Å². The Morgan fingerprint density at radius 3 is 2.33 bits per heavy atom. The number of aliphatic carboxylic acids is 1. The van der Waals surface area contributed by atoms with E-state index in [-0.39, 0.29) is 6.32 Å². The van der Waals surface area contributed by atoms with Gasteiger partial charge in [0.05, 0.1) is 7.85 Å². The first-order valence-corrected chi connectivity index (χ1v) is 2.30. The van der Waals surface area contributed by atoms with E-state index < -0.39 is 11.8 Å². The lowest BCUT2D eigenvalue weighted by atomic mass is 10.0. The fourth-order valence-electron chi connectivity index (χ4n) is 0.232. The van der Waals surface area contributed by atoms with Crippen LogP contribution in [0.2, 0.25) is 6.32 Å². The average Bonchev–Trinajstić information content (AvgIpc) is 1.83. The van der Waals surface area contributed by atoms with Crippen LogP contribution in [0.15, 0.2) is 12.2 Å². The van der Waals surface area contributed by atoms with Gasteiger partial charge in [-0.05, 0) is 12.4 Å². The number of carbonyl (C=O) groups is 2. The summed E-state index contributed by atoms with van der Waals surface area (Å²) >= 11 is 0. The van der Waals surface area contributed by atoms with Crippen LogP contribution in [0.5, 0.6) is 0 Å². The average molecular weight is 124 g/mol. The van der Waals surface area contributed by atoms with E-state index in [9.17, 15) is 9.59 Å². The van der Waals surface area contributed by atoms with Gasteiger partial charge < -0.3 is 5.11 Å². The molecule has 0 aromatic rings. The summed E-state index contributed by atoms with van der Waals surface area (Å²) in [6.45, 7) is 0. The molecule has 0 saturated carbocycles. The molecule has 3 nitrogen and oxygen atoms in total. The predicted octanol–water partition coefficient (Wildman–Crippen LogP) is -0.217. The van der Waals surface area contributed by atoms with Gasteiger partial charge in [0.1, 0.15) is 5.78 Å². The lowest BCUT2D eigenvalue weighted by Crippen LogP contribution is -1.93. The molecular formula is C5H5BO3. The molecule has 0 rings (SSSR count). The highest BCUT2D eigenvalue weighted by Crippen LogP contribution is 1.80. The number of hydrogen-bond acceptors (Lipinski definition) is 2. The topological polar surface area (TPSA) is 54.4 Å². The molecule has 1 N–H and O–H groups in total. The van der Waals surface area contributed by atoms with Crippen LogP contribution >= 0.6 is 0 Å². The van der Waals surface area contributed by atoms with Crippen molar-refractivity contribution in [2.45, 2.75) is 6.32 Å². The number of ketones is 1. The quantitative estimate of drug-likeness (QED) is 0.418. The summed E-state index contributed by atoms with van der Waals surface area (Å²) in [5, 5.41) is 7.98. The molecule has 0 saturated heterocycles. The molecule has 0 bridgehead atoms. The molecule has 4 heteroatoms. The minimum Gasteiger partial charge on any atom is -0.478 e. The van der Waals surface area contributed by atoms with E-state index in [2.05, 4.69) is 0 Å². The van der Waals surface area contributed by atoms with Crippen LogP contribution < -0.4 is 0 Å². The first-order chi connectivity index (χ1) is 4.16. The Kier molecular flexibility index (Phi) is 3.43. The summed E-state index contributed by atoms with van der Waals surface area (Å²) < 4.78 is 0. The molecule has 0 aliphatic carbocycles. The van der Waals surface area contributed by atoms with Crippen LogP contribution in [0.1, 0.15) is 0 Å². The number of allylic oxidation sites excluding steroid dienone is 1. The van der Waals surface area contributed by atoms with E-state index in [1.54, 1.807) is 0 Å². The molecule has 0 fully saturated rings. The summed E-state index contributed by atoms with van der Waals surface area (Å²) in [5.41, 5.74) is 0. The maximum Gasteiger partial charge on any atom is 0.328 e. The van der Waals surface area contributed by atoms with Gasteiger partial charge in [0.25, 0.3) is 0 Å². The van der Waals surface area contributed by atoms with E-state index in [1.165, 1.54) is 0 Å². The molecule has 0 aliphatic heterocycles. The molecule has 0 heterocycles. The summed E-state index contributed by atoms with van der Waals surface area (Å²) in [6, 6.07) is 0. The normalized spacial score (nSPS) is 9.78. The highest BCUT2D eigenvalue weighted by atomic mass is 16.4. The first kappa shape index (κ1) is 7.94. The minimum absolute atomic E-state index is 0.149. The van der Waals surface area contributed by atoms with Gasteiger partial charge in [-0.2, -0.15) is 0 Å².